The zero-order chi connectivity index (χ0) is 25.9. The first-order valence-electron chi connectivity index (χ1n) is 12.3. The molecule has 8 heteroatoms. The van der Waals surface area contributed by atoms with Crippen LogP contribution in [0.25, 0.3) is 11.4 Å². The number of ether oxygens (including phenoxy) is 1. The highest BCUT2D eigenvalue weighted by Crippen LogP contribution is 2.40. The molecule has 3 aromatic carbocycles. The molecule has 1 unspecified atom stereocenters. The Kier molecular flexibility index (Phi) is 6.64. The number of nitrogens with zero attached hydrogens (tertiary/aromatic N) is 4. The maximum Gasteiger partial charge on any atom is 0.255 e. The lowest BCUT2D eigenvalue weighted by molar-refractivity contribution is -0.113. The van der Waals surface area contributed by atoms with Gasteiger partial charge in [0.15, 0.2) is 5.82 Å². The number of carbonyl (C=O) groups excluding carboxylic acids is 1. The number of carbonyl (C=O) groups is 1. The van der Waals surface area contributed by atoms with Gasteiger partial charge in [0.2, 0.25) is 5.95 Å². The average Bonchev–Trinajstić information content (AvgIpc) is 3.32. The van der Waals surface area contributed by atoms with Crippen LogP contribution in [0.2, 0.25) is 0 Å². The Morgan fingerprint density at radius 2 is 1.73 bits per heavy atom. The average molecular weight is 495 g/mol. The number of rotatable bonds is 7. The molecule has 188 valence electrons. The molecule has 2 heterocycles. The highest BCUT2D eigenvalue weighted by Gasteiger charge is 2.36. The van der Waals surface area contributed by atoms with E-state index in [-0.39, 0.29) is 5.91 Å². The summed E-state index contributed by atoms with van der Waals surface area (Å²) in [6.45, 7) is 4.34. The highest BCUT2D eigenvalue weighted by molar-refractivity contribution is 6.06. The smallest absolute Gasteiger partial charge is 0.255 e. The molecule has 0 bridgehead atoms. The standard InChI is InChI=1S/C29H30N6O2/c1-5-37-24-14-10-9-13-23(24)26-25(28(36)31-21-11-7-6-8-12-21)19(2)30-29-32-27(33-35(26)29)20-15-17-22(18-16-20)34(3)4/h6-18,26H,5H2,1-4H3,(H,31,36)(H,30,32,33). The summed E-state index contributed by atoms with van der Waals surface area (Å²) in [5, 5.41) is 11.2. The van der Waals surface area contributed by atoms with E-state index in [0.29, 0.717) is 35.4 Å². The van der Waals surface area contributed by atoms with Crippen molar-refractivity contribution in [1.29, 1.82) is 0 Å². The number of para-hydroxylation sites is 2. The van der Waals surface area contributed by atoms with Crippen molar-refractivity contribution in [2.45, 2.75) is 19.9 Å². The Bertz CT molecular complexity index is 1440. The summed E-state index contributed by atoms with van der Waals surface area (Å²) >= 11 is 0. The second-order valence-corrected chi connectivity index (χ2v) is 9.00. The molecule has 4 aromatic rings. The van der Waals surface area contributed by atoms with Gasteiger partial charge in [0, 0.05) is 42.3 Å². The summed E-state index contributed by atoms with van der Waals surface area (Å²) in [5.74, 6) is 1.62. The predicted molar refractivity (Wildman–Crippen MR) is 147 cm³/mol. The number of allylic oxidation sites excluding steroid dienone is 1. The fourth-order valence-corrected chi connectivity index (χ4v) is 4.48. The van der Waals surface area contributed by atoms with Crippen LogP contribution < -0.4 is 20.3 Å². The van der Waals surface area contributed by atoms with Gasteiger partial charge < -0.3 is 20.3 Å². The summed E-state index contributed by atoms with van der Waals surface area (Å²) in [7, 11) is 4.01. The molecule has 0 radical (unpaired) electrons. The Morgan fingerprint density at radius 1 is 1.03 bits per heavy atom. The van der Waals surface area contributed by atoms with Gasteiger partial charge in [-0.3, -0.25) is 4.79 Å². The number of hydrogen-bond acceptors (Lipinski definition) is 6. The van der Waals surface area contributed by atoms with Gasteiger partial charge in [-0.25, -0.2) is 4.68 Å². The third-order valence-corrected chi connectivity index (χ3v) is 6.28. The minimum atomic E-state index is -0.537. The number of benzene rings is 3. The SMILES string of the molecule is CCOc1ccccc1C1C(C(=O)Nc2ccccc2)=C(C)Nc2nc(-c3ccc(N(C)C)cc3)nn21. The van der Waals surface area contributed by atoms with E-state index < -0.39 is 6.04 Å². The van der Waals surface area contributed by atoms with E-state index in [4.69, 9.17) is 14.8 Å². The Labute approximate surface area is 216 Å². The topological polar surface area (TPSA) is 84.3 Å². The molecule has 37 heavy (non-hydrogen) atoms. The molecule has 8 nitrogen and oxygen atoms in total. The minimum Gasteiger partial charge on any atom is -0.494 e. The molecule has 1 aliphatic rings. The summed E-state index contributed by atoms with van der Waals surface area (Å²) < 4.78 is 7.75. The second kappa shape index (κ2) is 10.2. The van der Waals surface area contributed by atoms with Gasteiger partial charge in [0.05, 0.1) is 12.2 Å². The van der Waals surface area contributed by atoms with Gasteiger partial charge in [-0.15, -0.1) is 5.10 Å². The number of anilines is 3. The van der Waals surface area contributed by atoms with Crippen LogP contribution >= 0.6 is 0 Å². The molecule has 1 atom stereocenters. The minimum absolute atomic E-state index is 0.217. The van der Waals surface area contributed by atoms with Crippen molar-refractivity contribution >= 4 is 23.2 Å². The van der Waals surface area contributed by atoms with Crippen LogP contribution in [0, 0.1) is 0 Å². The molecular weight excluding hydrogens is 464 g/mol. The van der Waals surface area contributed by atoms with E-state index in [1.165, 1.54) is 0 Å². The number of nitrogens with one attached hydrogen (secondary N) is 2. The van der Waals surface area contributed by atoms with Gasteiger partial charge in [-0.05, 0) is 56.3 Å². The van der Waals surface area contributed by atoms with Crippen molar-refractivity contribution in [3.63, 3.8) is 0 Å². The normalized spacial score (nSPS) is 14.5. The van der Waals surface area contributed by atoms with Crippen LogP contribution in [0.3, 0.4) is 0 Å². The summed E-state index contributed by atoms with van der Waals surface area (Å²) in [6, 6.07) is 24.7. The molecule has 1 amide bonds. The van der Waals surface area contributed by atoms with E-state index in [1.807, 2.05) is 112 Å². The number of fused-ring (bicyclic) bond motifs is 1. The first-order chi connectivity index (χ1) is 18.0. The fourth-order valence-electron chi connectivity index (χ4n) is 4.48. The lowest BCUT2D eigenvalue weighted by atomic mass is 9.94. The van der Waals surface area contributed by atoms with Crippen molar-refractivity contribution < 1.29 is 9.53 Å². The van der Waals surface area contributed by atoms with Gasteiger partial charge >= 0.3 is 0 Å². The summed E-state index contributed by atoms with van der Waals surface area (Å²) in [4.78, 5) is 20.5. The molecule has 1 aromatic heterocycles. The van der Waals surface area contributed by atoms with Crippen LogP contribution in [0.1, 0.15) is 25.5 Å². The number of hydrogen-bond donors (Lipinski definition) is 2. The van der Waals surface area contributed by atoms with E-state index in [1.54, 1.807) is 4.68 Å². The monoisotopic (exact) mass is 494 g/mol. The fraction of sp³-hybridized carbons (Fsp3) is 0.207. The van der Waals surface area contributed by atoms with Gasteiger partial charge in [-0.1, -0.05) is 36.4 Å². The highest BCUT2D eigenvalue weighted by atomic mass is 16.5. The van der Waals surface area contributed by atoms with Crippen molar-refractivity contribution in [3.8, 4) is 17.1 Å². The van der Waals surface area contributed by atoms with E-state index >= 15 is 0 Å². The van der Waals surface area contributed by atoms with Crippen molar-refractivity contribution in [2.24, 2.45) is 0 Å². The molecule has 0 saturated carbocycles. The second-order valence-electron chi connectivity index (χ2n) is 9.00. The van der Waals surface area contributed by atoms with E-state index in [2.05, 4.69) is 10.6 Å². The lowest BCUT2D eigenvalue weighted by Gasteiger charge is -2.29. The zero-order valence-electron chi connectivity index (χ0n) is 21.4. The zero-order valence-corrected chi connectivity index (χ0v) is 21.4. The number of amides is 1. The van der Waals surface area contributed by atoms with Crippen LogP contribution in [0.5, 0.6) is 5.75 Å². The lowest BCUT2D eigenvalue weighted by Crippen LogP contribution is -2.31. The molecule has 5 rings (SSSR count). The third-order valence-electron chi connectivity index (χ3n) is 6.28. The van der Waals surface area contributed by atoms with E-state index in [0.717, 1.165) is 22.5 Å². The van der Waals surface area contributed by atoms with Crippen LogP contribution in [-0.2, 0) is 4.79 Å². The van der Waals surface area contributed by atoms with Gasteiger partial charge in [-0.2, -0.15) is 4.98 Å². The molecule has 0 fully saturated rings. The van der Waals surface area contributed by atoms with Crippen LogP contribution in [0.4, 0.5) is 17.3 Å². The first-order valence-corrected chi connectivity index (χ1v) is 12.3. The quantitative estimate of drug-likeness (QED) is 0.361. The first kappa shape index (κ1) is 24.1. The van der Waals surface area contributed by atoms with Gasteiger partial charge in [0.25, 0.3) is 5.91 Å². The molecule has 0 spiro atoms. The largest absolute Gasteiger partial charge is 0.494 e. The van der Waals surface area contributed by atoms with Crippen LogP contribution in [-0.4, -0.2) is 41.4 Å². The molecular formula is C29H30N6O2. The summed E-state index contributed by atoms with van der Waals surface area (Å²) in [5.41, 5.74) is 4.78. The maximum absolute atomic E-state index is 13.7. The van der Waals surface area contributed by atoms with E-state index in [9.17, 15) is 4.79 Å². The summed E-state index contributed by atoms with van der Waals surface area (Å²) in [6.07, 6.45) is 0. The molecule has 0 saturated heterocycles. The maximum atomic E-state index is 13.7. The van der Waals surface area contributed by atoms with Crippen molar-refractivity contribution in [1.82, 2.24) is 14.8 Å². The predicted octanol–water partition coefficient (Wildman–Crippen LogP) is 5.34. The molecule has 0 aliphatic carbocycles. The Hall–Kier alpha value is -4.59. The Morgan fingerprint density at radius 3 is 2.43 bits per heavy atom. The molecule has 1 aliphatic heterocycles. The molecule has 2 N–H and O–H groups in total. The third kappa shape index (κ3) is 4.78. The van der Waals surface area contributed by atoms with Crippen LogP contribution in [0.15, 0.2) is 90.1 Å². The van der Waals surface area contributed by atoms with Crippen molar-refractivity contribution in [3.05, 3.63) is 95.7 Å². The Balaban J connectivity index is 1.61. The van der Waals surface area contributed by atoms with Crippen molar-refractivity contribution in [2.75, 3.05) is 36.2 Å². The van der Waals surface area contributed by atoms with Gasteiger partial charge in [0.1, 0.15) is 11.8 Å². The number of aromatic nitrogens is 3.